The van der Waals surface area contributed by atoms with Crippen molar-refractivity contribution in [3.8, 4) is 0 Å². The normalized spacial score (nSPS) is 18.0. The molecule has 0 fully saturated rings. The zero-order chi connectivity index (χ0) is 39.7. The van der Waals surface area contributed by atoms with Gasteiger partial charge in [0, 0.05) is 37.9 Å². The average Bonchev–Trinajstić information content (AvgIpc) is 3.84. The van der Waals surface area contributed by atoms with Crippen molar-refractivity contribution < 1.29 is 0 Å². The van der Waals surface area contributed by atoms with Crippen LogP contribution >= 0.6 is 0 Å². The number of amidine groups is 1. The van der Waals surface area contributed by atoms with Gasteiger partial charge in [-0.15, -0.1) is 0 Å². The number of fused-ring (bicyclic) bond motifs is 18. The van der Waals surface area contributed by atoms with E-state index in [1.54, 1.807) is 0 Å². The summed E-state index contributed by atoms with van der Waals surface area (Å²) in [5, 5.41) is 6.00. The summed E-state index contributed by atoms with van der Waals surface area (Å²) in [5.74, 6) is 2.66. The number of nitrogens with zero attached hydrogens (tertiary/aromatic N) is 5. The molecule has 3 aromatic carbocycles. The predicted octanol–water partition coefficient (Wildman–Crippen LogP) is 9.96. The highest BCUT2D eigenvalue weighted by molar-refractivity contribution is 6.00. The van der Waals surface area contributed by atoms with Crippen LogP contribution in [0.5, 0.6) is 0 Å². The summed E-state index contributed by atoms with van der Waals surface area (Å²) in [7, 11) is 0. The van der Waals surface area contributed by atoms with E-state index in [9.17, 15) is 0 Å². The Morgan fingerprint density at radius 2 is 0.893 bits per heavy atom. The van der Waals surface area contributed by atoms with Crippen LogP contribution in [0.2, 0.25) is 0 Å². The molecule has 1 atom stereocenters. The Morgan fingerprint density at radius 3 is 1.43 bits per heavy atom. The van der Waals surface area contributed by atoms with Crippen LogP contribution in [0, 0.1) is 11.3 Å². The molecule has 9 rings (SSSR count). The number of H-pyrrole nitrogens is 3. The second-order valence-corrected chi connectivity index (χ2v) is 19.9. The fourth-order valence-electron chi connectivity index (χ4n) is 7.92. The van der Waals surface area contributed by atoms with Crippen molar-refractivity contribution in [1.29, 1.82) is 0 Å². The second-order valence-electron chi connectivity index (χ2n) is 19.9. The third-order valence-corrected chi connectivity index (χ3v) is 11.5. The number of allylic oxidation sites excluding steroid dienone is 3. The van der Waals surface area contributed by atoms with Crippen molar-refractivity contribution in [3.05, 3.63) is 128 Å². The van der Waals surface area contributed by atoms with E-state index >= 15 is 0 Å². The van der Waals surface area contributed by atoms with Crippen molar-refractivity contribution >= 4 is 49.8 Å². The molecule has 6 aromatic rings. The number of aliphatic imine (C=N–C) groups is 1. The number of hydrogen-bond acceptors (Lipinski definition) is 5. The van der Waals surface area contributed by atoms with Crippen molar-refractivity contribution in [2.75, 3.05) is 0 Å². The summed E-state index contributed by atoms with van der Waals surface area (Å²) < 4.78 is 0. The maximum atomic E-state index is 5.38. The van der Waals surface area contributed by atoms with Gasteiger partial charge in [-0.05, 0) is 62.1 Å². The lowest BCUT2D eigenvalue weighted by molar-refractivity contribution is 0.512. The van der Waals surface area contributed by atoms with Gasteiger partial charge in [-0.3, -0.25) is 0 Å². The maximum absolute atomic E-state index is 5.38. The van der Waals surface area contributed by atoms with Crippen molar-refractivity contribution in [2.45, 2.75) is 99.3 Å². The monoisotopic (exact) mass is 740 g/mol. The van der Waals surface area contributed by atoms with Crippen LogP contribution < -0.4 is 22.0 Å². The number of rotatable bonds is 0. The van der Waals surface area contributed by atoms with Gasteiger partial charge in [-0.2, -0.15) is 0 Å². The van der Waals surface area contributed by atoms with Crippen LogP contribution in [0.15, 0.2) is 115 Å². The number of nitrogens with one attached hydrogen (secondary N) is 3. The molecule has 3 N–H and O–H groups in total. The van der Waals surface area contributed by atoms with Crippen molar-refractivity contribution in [3.63, 3.8) is 0 Å². The minimum absolute atomic E-state index is 0.0443. The molecule has 0 spiro atoms. The lowest BCUT2D eigenvalue weighted by Gasteiger charge is -2.25. The number of aromatic amines is 3. The van der Waals surface area contributed by atoms with E-state index in [-0.39, 0.29) is 27.6 Å². The van der Waals surface area contributed by atoms with Crippen LogP contribution in [0.25, 0.3) is 32.3 Å². The van der Waals surface area contributed by atoms with Crippen molar-refractivity contribution in [2.24, 2.45) is 36.3 Å². The predicted molar refractivity (Wildman–Crippen MR) is 230 cm³/mol. The van der Waals surface area contributed by atoms with Gasteiger partial charge in [0.25, 0.3) is 0 Å². The van der Waals surface area contributed by atoms with Crippen LogP contribution in [0.4, 0.5) is 11.6 Å². The first kappa shape index (κ1) is 36.0. The zero-order valence-electron chi connectivity index (χ0n) is 34.7. The molecule has 0 saturated carbocycles. The maximum Gasteiger partial charge on any atom is 0.160 e. The highest BCUT2D eigenvalue weighted by Crippen LogP contribution is 2.40. The van der Waals surface area contributed by atoms with Gasteiger partial charge in [0.05, 0.1) is 5.92 Å². The topological polar surface area (TPSA) is 109 Å². The van der Waals surface area contributed by atoms with Crippen molar-refractivity contribution in [1.82, 2.24) is 15.0 Å². The lowest BCUT2D eigenvalue weighted by atomic mass is 9.79. The molecule has 56 heavy (non-hydrogen) atoms. The van der Waals surface area contributed by atoms with Gasteiger partial charge in [-0.25, -0.2) is 25.0 Å². The summed E-state index contributed by atoms with van der Waals surface area (Å²) in [6.45, 7) is 26.9. The summed E-state index contributed by atoms with van der Waals surface area (Å²) in [6.07, 6.45) is 6.71. The molecule has 1 unspecified atom stereocenters. The molecular formula is C48H52N8. The van der Waals surface area contributed by atoms with Crippen LogP contribution in [0.3, 0.4) is 0 Å². The SMILES string of the molecule is CC(C)(C)C1=CC2C3=NC(=C2C=C1)N=c1[nH]c(c2ccc(C(C)(C)C)cc12)=Nc1[nH]c(c2ccc(C(C)(C)C)cc12)/N=c1\[nH]c(c2ccc(C(C)(C)C)cc12)=N3. The zero-order valence-corrected chi connectivity index (χ0v) is 34.7. The molecule has 1 aliphatic carbocycles. The first-order chi connectivity index (χ1) is 26.2. The Kier molecular flexibility index (Phi) is 7.68. The van der Waals surface area contributed by atoms with E-state index in [2.05, 4.69) is 171 Å². The Bertz CT molecular complexity index is 3050. The molecule has 5 heterocycles. The standard InChI is InChI=1S/C48H52N8/c1-45(2,3)25-13-17-29-33(21-25)41-49-37(29)54-42-35-23-27(47(7,8)9)15-19-31(35)39(51-42)56-44-36-24-28(48(10,11)12)16-20-32(36)40(52-44)55-43-34-22-26(46(4,5)6)14-18-30(34)38(50-43)53-41/h13-24,33,52H,1-12H3,(H,51,54,56)(H,49,50,53,55). The van der Waals surface area contributed by atoms with Gasteiger partial charge >= 0.3 is 0 Å². The van der Waals surface area contributed by atoms with Crippen LogP contribution in [-0.4, -0.2) is 20.8 Å². The highest BCUT2D eigenvalue weighted by atomic mass is 15.1. The smallest absolute Gasteiger partial charge is 0.160 e. The molecule has 0 radical (unpaired) electrons. The van der Waals surface area contributed by atoms with E-state index in [1.165, 1.54) is 22.3 Å². The number of hydrogen-bond donors (Lipinski definition) is 3. The first-order valence-corrected chi connectivity index (χ1v) is 19.8. The van der Waals surface area contributed by atoms with E-state index in [1.807, 2.05) is 0 Å². The van der Waals surface area contributed by atoms with E-state index in [0.717, 1.165) is 71.5 Å². The Morgan fingerprint density at radius 1 is 0.429 bits per heavy atom. The largest absolute Gasteiger partial charge is 0.324 e. The summed E-state index contributed by atoms with van der Waals surface area (Å²) in [5.41, 5.74) is 8.65. The molecular weight excluding hydrogens is 689 g/mol. The fraction of sp³-hybridized carbons (Fsp3) is 0.354. The highest BCUT2D eigenvalue weighted by Gasteiger charge is 2.32. The van der Waals surface area contributed by atoms with E-state index in [4.69, 9.17) is 25.0 Å². The average molecular weight is 741 g/mol. The summed E-state index contributed by atoms with van der Waals surface area (Å²) >= 11 is 0. The minimum atomic E-state index is -0.154. The minimum Gasteiger partial charge on any atom is -0.324 e. The molecule has 3 aromatic heterocycles. The molecule has 2 aliphatic heterocycles. The van der Waals surface area contributed by atoms with E-state index < -0.39 is 0 Å². The number of benzene rings is 3. The molecule has 8 bridgehead atoms. The van der Waals surface area contributed by atoms with E-state index in [0.29, 0.717) is 11.7 Å². The fourth-order valence-corrected chi connectivity index (χ4v) is 7.92. The molecule has 8 nitrogen and oxygen atoms in total. The third-order valence-electron chi connectivity index (χ3n) is 11.5. The Hall–Kier alpha value is -5.63. The lowest BCUT2D eigenvalue weighted by Crippen LogP contribution is -2.20. The Labute approximate surface area is 327 Å². The first-order valence-electron chi connectivity index (χ1n) is 19.8. The number of aromatic nitrogens is 3. The van der Waals surface area contributed by atoms with Gasteiger partial charge in [-0.1, -0.05) is 138 Å². The molecule has 0 saturated heterocycles. The summed E-state index contributed by atoms with van der Waals surface area (Å²) in [6, 6.07) is 19.9. The van der Waals surface area contributed by atoms with Gasteiger partial charge < -0.3 is 15.0 Å². The summed E-state index contributed by atoms with van der Waals surface area (Å²) in [4.78, 5) is 37.7. The Balaban J connectivity index is 1.44. The van der Waals surface area contributed by atoms with Crippen LogP contribution in [-0.2, 0) is 16.2 Å². The van der Waals surface area contributed by atoms with Gasteiger partial charge in [0.15, 0.2) is 5.82 Å². The molecule has 3 aliphatic rings. The molecule has 284 valence electrons. The van der Waals surface area contributed by atoms with Gasteiger partial charge in [0.1, 0.15) is 39.4 Å². The third kappa shape index (κ3) is 6.01. The molecule has 0 amide bonds. The quantitative estimate of drug-likeness (QED) is 0.138. The molecule has 8 heteroatoms. The van der Waals surface area contributed by atoms with Crippen LogP contribution in [0.1, 0.15) is 99.8 Å². The van der Waals surface area contributed by atoms with Gasteiger partial charge in [0.2, 0.25) is 0 Å². The second kappa shape index (κ2) is 11.9.